The minimum Gasteiger partial charge on any atom is -0.444 e. The van der Waals surface area contributed by atoms with E-state index in [1.54, 1.807) is 0 Å². The van der Waals surface area contributed by atoms with Crippen LogP contribution >= 0.6 is 58.8 Å². The number of hydrogen-bond donors (Lipinski definition) is 1. The lowest BCUT2D eigenvalue weighted by atomic mass is 10.2. The highest BCUT2D eigenvalue weighted by molar-refractivity contribution is 6.32. The number of ether oxygens (including phenoxy) is 1. The Bertz CT molecular complexity index is 954. The SMILES string of the molecule is C.CC(C)(C)OC(=O)N1Cc2nc(Cl)nc(Cl)c2C1.Cl.Clc1nc(Cl)c2c(n1)CNC2. The number of fused-ring (bicyclic) bond motifs is 2. The Morgan fingerprint density at radius 3 is 2.03 bits per heavy atom. The van der Waals surface area contributed by atoms with Crippen molar-refractivity contribution in [2.24, 2.45) is 0 Å². The van der Waals surface area contributed by atoms with Crippen LogP contribution in [0, 0.1) is 0 Å². The van der Waals surface area contributed by atoms with E-state index in [0.29, 0.717) is 23.9 Å². The van der Waals surface area contributed by atoms with Crippen LogP contribution in [0.15, 0.2) is 0 Å². The molecule has 0 fully saturated rings. The number of nitrogens with zero attached hydrogens (tertiary/aromatic N) is 5. The first-order valence-electron chi connectivity index (χ1n) is 8.63. The van der Waals surface area contributed by atoms with E-state index in [2.05, 4.69) is 25.3 Å². The molecule has 0 saturated heterocycles. The van der Waals surface area contributed by atoms with E-state index in [4.69, 9.17) is 51.1 Å². The highest BCUT2D eigenvalue weighted by Crippen LogP contribution is 2.29. The highest BCUT2D eigenvalue weighted by Gasteiger charge is 2.30. The van der Waals surface area contributed by atoms with Gasteiger partial charge in [-0.1, -0.05) is 30.6 Å². The molecule has 1 N–H and O–H groups in total. The van der Waals surface area contributed by atoms with Crippen LogP contribution in [-0.4, -0.2) is 36.5 Å². The fourth-order valence-corrected chi connectivity index (χ4v) is 3.70. The molecule has 0 radical (unpaired) electrons. The van der Waals surface area contributed by atoms with Crippen LogP contribution in [0.2, 0.25) is 20.9 Å². The number of halogens is 5. The third-order valence-electron chi connectivity index (χ3n) is 3.97. The Morgan fingerprint density at radius 2 is 1.45 bits per heavy atom. The minimum atomic E-state index is -0.529. The van der Waals surface area contributed by atoms with Gasteiger partial charge in [-0.3, -0.25) is 4.90 Å². The van der Waals surface area contributed by atoms with Gasteiger partial charge in [-0.2, -0.15) is 0 Å². The second kappa shape index (κ2) is 11.1. The van der Waals surface area contributed by atoms with Crippen LogP contribution in [0.3, 0.4) is 0 Å². The zero-order valence-electron chi connectivity index (χ0n) is 16.3. The van der Waals surface area contributed by atoms with Crippen molar-refractivity contribution in [2.45, 2.75) is 60.0 Å². The summed E-state index contributed by atoms with van der Waals surface area (Å²) in [5, 5.41) is 4.17. The third-order valence-corrected chi connectivity index (χ3v) is 4.93. The largest absolute Gasteiger partial charge is 0.444 e. The highest BCUT2D eigenvalue weighted by atomic mass is 35.5. The summed E-state index contributed by atoms with van der Waals surface area (Å²) in [6.07, 6.45) is -0.396. The first-order valence-corrected chi connectivity index (χ1v) is 10.1. The molecule has 2 aromatic rings. The summed E-state index contributed by atoms with van der Waals surface area (Å²) in [4.78, 5) is 29.2. The lowest BCUT2D eigenvalue weighted by Gasteiger charge is -2.23. The average molecular weight is 533 g/mol. The summed E-state index contributed by atoms with van der Waals surface area (Å²) in [6, 6.07) is 0. The molecule has 0 atom stereocenters. The molecule has 0 aromatic carbocycles. The van der Waals surface area contributed by atoms with Gasteiger partial charge in [-0.15, -0.1) is 12.4 Å². The van der Waals surface area contributed by atoms with Gasteiger partial charge in [0.25, 0.3) is 0 Å². The second-order valence-electron chi connectivity index (χ2n) is 7.36. The number of nitrogens with one attached hydrogen (secondary N) is 1. The minimum absolute atomic E-state index is 0. The van der Waals surface area contributed by atoms with Crippen LogP contribution in [0.4, 0.5) is 4.79 Å². The van der Waals surface area contributed by atoms with Crippen LogP contribution in [-0.2, 0) is 30.9 Å². The summed E-state index contributed by atoms with van der Waals surface area (Å²) in [6.45, 7) is 7.61. The zero-order chi connectivity index (χ0) is 21.3. The van der Waals surface area contributed by atoms with Crippen LogP contribution in [0.25, 0.3) is 0 Å². The van der Waals surface area contributed by atoms with Crippen molar-refractivity contribution in [1.82, 2.24) is 30.2 Å². The lowest BCUT2D eigenvalue weighted by Crippen LogP contribution is -2.33. The Balaban J connectivity index is 0.000000320. The molecule has 0 saturated carbocycles. The van der Waals surface area contributed by atoms with Crippen molar-refractivity contribution in [3.63, 3.8) is 0 Å². The van der Waals surface area contributed by atoms with E-state index >= 15 is 0 Å². The molecule has 2 aromatic heterocycles. The van der Waals surface area contributed by atoms with E-state index in [0.717, 1.165) is 29.9 Å². The van der Waals surface area contributed by atoms with Gasteiger partial charge in [0.2, 0.25) is 10.6 Å². The smallest absolute Gasteiger partial charge is 0.410 e. The van der Waals surface area contributed by atoms with Crippen molar-refractivity contribution < 1.29 is 9.53 Å². The standard InChI is InChI=1S/C11H13Cl2N3O2.C6H5Cl2N3.CH4.ClH/c1-11(2,3)18-10(17)16-4-6-7(5-16)14-9(13)15-8(6)12;7-5-3-1-9-2-4(3)10-6(8)11-5;;/h4-5H2,1-3H3;9H,1-2H2;1H4;1H. The fraction of sp³-hybridized carbons (Fsp3) is 0.500. The van der Waals surface area contributed by atoms with E-state index in [1.807, 2.05) is 20.8 Å². The van der Waals surface area contributed by atoms with Crippen LogP contribution in [0.5, 0.6) is 0 Å². The molecule has 13 heteroatoms. The van der Waals surface area contributed by atoms with Gasteiger partial charge < -0.3 is 10.1 Å². The quantitative estimate of drug-likeness (QED) is 0.355. The molecule has 0 spiro atoms. The molecule has 172 valence electrons. The number of carbonyl (C=O) groups is 1. The lowest BCUT2D eigenvalue weighted by molar-refractivity contribution is 0.0240. The number of amides is 1. The molecule has 4 rings (SSSR count). The molecular formula is C18H23Cl5N6O2. The molecule has 4 heterocycles. The van der Waals surface area contributed by atoms with Gasteiger partial charge in [0.1, 0.15) is 15.9 Å². The summed E-state index contributed by atoms with van der Waals surface area (Å²) >= 11 is 23.1. The van der Waals surface area contributed by atoms with E-state index in [1.165, 1.54) is 4.90 Å². The number of rotatable bonds is 0. The summed E-state index contributed by atoms with van der Waals surface area (Å²) in [5.41, 5.74) is 2.75. The van der Waals surface area contributed by atoms with Gasteiger partial charge in [-0.25, -0.2) is 24.7 Å². The van der Waals surface area contributed by atoms with Crippen LogP contribution < -0.4 is 5.32 Å². The Kier molecular flexibility index (Phi) is 10.00. The van der Waals surface area contributed by atoms with Crippen molar-refractivity contribution in [2.75, 3.05) is 0 Å². The number of carbonyl (C=O) groups excluding carboxylic acids is 1. The van der Waals surface area contributed by atoms with E-state index in [-0.39, 0.29) is 35.6 Å². The van der Waals surface area contributed by atoms with Gasteiger partial charge in [0, 0.05) is 24.2 Å². The Hall–Kier alpha value is -1.16. The van der Waals surface area contributed by atoms with Crippen molar-refractivity contribution in [3.05, 3.63) is 43.4 Å². The molecule has 2 aliphatic heterocycles. The first-order chi connectivity index (χ1) is 13.5. The Labute approximate surface area is 207 Å². The monoisotopic (exact) mass is 530 g/mol. The number of aromatic nitrogens is 4. The van der Waals surface area contributed by atoms with E-state index in [9.17, 15) is 4.79 Å². The summed E-state index contributed by atoms with van der Waals surface area (Å²) in [7, 11) is 0. The van der Waals surface area contributed by atoms with Crippen molar-refractivity contribution in [1.29, 1.82) is 0 Å². The summed E-state index contributed by atoms with van der Waals surface area (Å²) < 4.78 is 5.29. The zero-order valence-corrected chi connectivity index (χ0v) is 20.1. The molecule has 0 bridgehead atoms. The van der Waals surface area contributed by atoms with Crippen molar-refractivity contribution >= 4 is 64.9 Å². The molecule has 1 amide bonds. The average Bonchev–Trinajstić information content (AvgIpc) is 3.20. The van der Waals surface area contributed by atoms with Gasteiger partial charge >= 0.3 is 6.09 Å². The third kappa shape index (κ3) is 7.17. The molecule has 8 nitrogen and oxygen atoms in total. The van der Waals surface area contributed by atoms with Crippen LogP contribution in [0.1, 0.15) is 50.7 Å². The maximum Gasteiger partial charge on any atom is 0.410 e. The normalized spacial score (nSPS) is 13.8. The predicted molar refractivity (Wildman–Crippen MR) is 124 cm³/mol. The summed E-state index contributed by atoms with van der Waals surface area (Å²) in [5.74, 6) is 0. The first kappa shape index (κ1) is 27.9. The molecule has 2 aliphatic rings. The van der Waals surface area contributed by atoms with Gasteiger partial charge in [-0.05, 0) is 44.0 Å². The topological polar surface area (TPSA) is 93.1 Å². The van der Waals surface area contributed by atoms with E-state index < -0.39 is 11.7 Å². The molecule has 0 unspecified atom stereocenters. The molecule has 31 heavy (non-hydrogen) atoms. The Morgan fingerprint density at radius 1 is 0.903 bits per heavy atom. The maximum absolute atomic E-state index is 11.9. The predicted octanol–water partition coefficient (Wildman–Crippen LogP) is 5.48. The maximum atomic E-state index is 11.9. The molecular weight excluding hydrogens is 510 g/mol. The fourth-order valence-electron chi connectivity index (χ4n) is 2.74. The van der Waals surface area contributed by atoms with Gasteiger partial charge in [0.15, 0.2) is 0 Å². The van der Waals surface area contributed by atoms with Gasteiger partial charge in [0.05, 0.1) is 24.5 Å². The number of hydrogen-bond acceptors (Lipinski definition) is 7. The second-order valence-corrected chi connectivity index (χ2v) is 8.75. The van der Waals surface area contributed by atoms with Crippen molar-refractivity contribution in [3.8, 4) is 0 Å². The molecule has 0 aliphatic carbocycles.